The quantitative estimate of drug-likeness (QED) is 0.814. The molecule has 0 bridgehead atoms. The smallest absolute Gasteiger partial charge is 0.272 e. The fourth-order valence-corrected chi connectivity index (χ4v) is 1.92. The Morgan fingerprint density at radius 1 is 1.17 bits per heavy atom. The average Bonchev–Trinajstić information content (AvgIpc) is 2.85. The topological polar surface area (TPSA) is 93.1 Å². The van der Waals surface area contributed by atoms with Gasteiger partial charge in [-0.3, -0.25) is 19.1 Å². The zero-order valence-electron chi connectivity index (χ0n) is 13.2. The molecule has 1 aromatic heterocycles. The van der Waals surface area contributed by atoms with Crippen LogP contribution in [-0.2, 0) is 11.8 Å². The van der Waals surface area contributed by atoms with Gasteiger partial charge in [0.05, 0.1) is 6.54 Å². The second-order valence-corrected chi connectivity index (χ2v) is 5.16. The van der Waals surface area contributed by atoms with Crippen molar-refractivity contribution in [2.45, 2.75) is 13.8 Å². The molecule has 2 N–H and O–H groups in total. The first-order valence-corrected chi connectivity index (χ1v) is 7.06. The van der Waals surface area contributed by atoms with E-state index in [4.69, 9.17) is 0 Å². The largest absolute Gasteiger partial charge is 0.342 e. The molecule has 0 saturated carbocycles. The van der Waals surface area contributed by atoms with Crippen molar-refractivity contribution >= 4 is 23.3 Å². The van der Waals surface area contributed by atoms with E-state index < -0.39 is 5.91 Å². The third kappa shape index (κ3) is 4.26. The van der Waals surface area contributed by atoms with E-state index in [2.05, 4.69) is 15.7 Å². The van der Waals surface area contributed by atoms with Crippen molar-refractivity contribution in [3.05, 3.63) is 47.3 Å². The fourth-order valence-electron chi connectivity index (χ4n) is 1.92. The molecule has 0 aliphatic carbocycles. The van der Waals surface area contributed by atoms with E-state index >= 15 is 0 Å². The minimum absolute atomic E-state index is 0.0409. The lowest BCUT2D eigenvalue weighted by molar-refractivity contribution is -0.115. The zero-order valence-corrected chi connectivity index (χ0v) is 13.2. The van der Waals surface area contributed by atoms with Gasteiger partial charge in [-0.1, -0.05) is 0 Å². The Bertz CT molecular complexity index is 728. The number of Topliss-reactive ketones (excluding diaryl/α,β-unsaturated/α-hetero) is 1. The van der Waals surface area contributed by atoms with Gasteiger partial charge in [-0.25, -0.2) is 0 Å². The summed E-state index contributed by atoms with van der Waals surface area (Å²) in [7, 11) is 1.74. The van der Waals surface area contributed by atoms with Crippen LogP contribution in [0.5, 0.6) is 0 Å². The monoisotopic (exact) mass is 314 g/mol. The van der Waals surface area contributed by atoms with Gasteiger partial charge in [-0.05, 0) is 44.2 Å². The van der Waals surface area contributed by atoms with E-state index in [1.807, 2.05) is 6.92 Å². The fraction of sp³-hybridized carbons (Fsp3) is 0.250. The van der Waals surface area contributed by atoms with Crippen LogP contribution in [0.4, 0.5) is 5.69 Å². The SMILES string of the molecule is CC(=O)c1ccc(NC(=O)CNC(=O)c2cc(C)n(C)n2)cc1. The molecule has 0 aliphatic rings. The lowest BCUT2D eigenvalue weighted by Crippen LogP contribution is -2.33. The van der Waals surface area contributed by atoms with Gasteiger partial charge in [0.2, 0.25) is 5.91 Å². The number of nitrogens with one attached hydrogen (secondary N) is 2. The highest BCUT2D eigenvalue weighted by molar-refractivity contribution is 5.99. The lowest BCUT2D eigenvalue weighted by atomic mass is 10.1. The number of aromatic nitrogens is 2. The van der Waals surface area contributed by atoms with Crippen LogP contribution in [0, 0.1) is 6.92 Å². The van der Waals surface area contributed by atoms with Crippen molar-refractivity contribution in [2.24, 2.45) is 7.05 Å². The van der Waals surface area contributed by atoms with E-state index in [9.17, 15) is 14.4 Å². The molecule has 0 radical (unpaired) electrons. The Balaban J connectivity index is 1.87. The molecule has 23 heavy (non-hydrogen) atoms. The molecule has 0 spiro atoms. The Morgan fingerprint density at radius 3 is 2.35 bits per heavy atom. The summed E-state index contributed by atoms with van der Waals surface area (Å²) in [4.78, 5) is 34.9. The van der Waals surface area contributed by atoms with Crippen molar-refractivity contribution in [3.63, 3.8) is 0 Å². The van der Waals surface area contributed by atoms with Crippen LogP contribution in [0.3, 0.4) is 0 Å². The predicted octanol–water partition coefficient (Wildman–Crippen LogP) is 1.30. The molecule has 0 saturated heterocycles. The second kappa shape index (κ2) is 6.87. The van der Waals surface area contributed by atoms with Gasteiger partial charge < -0.3 is 10.6 Å². The maximum Gasteiger partial charge on any atom is 0.272 e. The Morgan fingerprint density at radius 2 is 1.83 bits per heavy atom. The number of anilines is 1. The molecular formula is C16H18N4O3. The first-order chi connectivity index (χ1) is 10.9. The van der Waals surface area contributed by atoms with E-state index in [-0.39, 0.29) is 23.9 Å². The number of nitrogens with zero attached hydrogens (tertiary/aromatic N) is 2. The summed E-state index contributed by atoms with van der Waals surface area (Å²) in [6.07, 6.45) is 0. The van der Waals surface area contributed by atoms with Crippen LogP contribution < -0.4 is 10.6 Å². The molecule has 1 heterocycles. The third-order valence-corrected chi connectivity index (χ3v) is 3.33. The molecule has 120 valence electrons. The summed E-state index contributed by atoms with van der Waals surface area (Å²) >= 11 is 0. The predicted molar refractivity (Wildman–Crippen MR) is 85.4 cm³/mol. The molecule has 7 heteroatoms. The maximum absolute atomic E-state index is 11.9. The molecule has 2 amide bonds. The number of carbonyl (C=O) groups is 3. The van der Waals surface area contributed by atoms with Crippen molar-refractivity contribution in [2.75, 3.05) is 11.9 Å². The van der Waals surface area contributed by atoms with Gasteiger partial charge >= 0.3 is 0 Å². The number of hydrogen-bond donors (Lipinski definition) is 2. The van der Waals surface area contributed by atoms with Crippen LogP contribution in [0.15, 0.2) is 30.3 Å². The van der Waals surface area contributed by atoms with Crippen LogP contribution in [0.1, 0.15) is 33.5 Å². The first kappa shape index (κ1) is 16.4. The van der Waals surface area contributed by atoms with E-state index in [1.165, 1.54) is 6.92 Å². The summed E-state index contributed by atoms with van der Waals surface area (Å²) < 4.78 is 1.59. The second-order valence-electron chi connectivity index (χ2n) is 5.16. The third-order valence-electron chi connectivity index (χ3n) is 3.33. The minimum Gasteiger partial charge on any atom is -0.342 e. The Hall–Kier alpha value is -2.96. The number of ketones is 1. The van der Waals surface area contributed by atoms with Crippen LogP contribution >= 0.6 is 0 Å². The van der Waals surface area contributed by atoms with Gasteiger partial charge in [0.25, 0.3) is 5.91 Å². The van der Waals surface area contributed by atoms with Crippen molar-refractivity contribution < 1.29 is 14.4 Å². The number of rotatable bonds is 5. The first-order valence-electron chi connectivity index (χ1n) is 7.06. The normalized spacial score (nSPS) is 10.2. The summed E-state index contributed by atoms with van der Waals surface area (Å²) in [6.45, 7) is 3.15. The zero-order chi connectivity index (χ0) is 17.0. The van der Waals surface area contributed by atoms with Crippen molar-refractivity contribution in [3.8, 4) is 0 Å². The Kier molecular flexibility index (Phi) is 4.90. The standard InChI is InChI=1S/C16H18N4O3/c1-10-8-14(19-20(10)3)16(23)17-9-15(22)18-13-6-4-12(5-7-13)11(2)21/h4-8H,9H2,1-3H3,(H,17,23)(H,18,22). The van der Waals surface area contributed by atoms with Crippen LogP contribution in [0.2, 0.25) is 0 Å². The lowest BCUT2D eigenvalue weighted by Gasteiger charge is -2.06. The summed E-state index contributed by atoms with van der Waals surface area (Å²) in [5.41, 5.74) is 2.25. The molecule has 0 fully saturated rings. The van der Waals surface area contributed by atoms with Gasteiger partial charge in [0, 0.05) is 24.0 Å². The van der Waals surface area contributed by atoms with E-state index in [1.54, 1.807) is 42.1 Å². The summed E-state index contributed by atoms with van der Waals surface area (Å²) in [6, 6.07) is 8.19. The molecule has 2 rings (SSSR count). The minimum atomic E-state index is -0.407. The highest BCUT2D eigenvalue weighted by Crippen LogP contribution is 2.09. The molecule has 0 atom stereocenters. The van der Waals surface area contributed by atoms with E-state index in [0.29, 0.717) is 11.3 Å². The van der Waals surface area contributed by atoms with Crippen LogP contribution in [0.25, 0.3) is 0 Å². The van der Waals surface area contributed by atoms with E-state index in [0.717, 1.165) is 5.69 Å². The summed E-state index contributed by atoms with van der Waals surface area (Å²) in [5.74, 6) is -0.807. The number of benzene rings is 1. The number of hydrogen-bond acceptors (Lipinski definition) is 4. The van der Waals surface area contributed by atoms with Gasteiger partial charge in [-0.15, -0.1) is 0 Å². The molecule has 0 unspecified atom stereocenters. The van der Waals surface area contributed by atoms with Gasteiger partial charge in [-0.2, -0.15) is 5.10 Å². The highest BCUT2D eigenvalue weighted by atomic mass is 16.2. The van der Waals surface area contributed by atoms with Crippen molar-refractivity contribution in [1.29, 1.82) is 0 Å². The highest BCUT2D eigenvalue weighted by Gasteiger charge is 2.12. The Labute approximate surface area is 133 Å². The van der Waals surface area contributed by atoms with Crippen LogP contribution in [-0.4, -0.2) is 33.9 Å². The maximum atomic E-state index is 11.9. The number of carbonyl (C=O) groups excluding carboxylic acids is 3. The summed E-state index contributed by atoms with van der Waals surface area (Å²) in [5, 5.41) is 9.19. The van der Waals surface area contributed by atoms with Gasteiger partial charge in [0.15, 0.2) is 5.78 Å². The molecule has 0 aliphatic heterocycles. The molecular weight excluding hydrogens is 296 g/mol. The number of amides is 2. The van der Waals surface area contributed by atoms with Crippen molar-refractivity contribution in [1.82, 2.24) is 15.1 Å². The molecule has 1 aromatic carbocycles. The molecule has 7 nitrogen and oxygen atoms in total. The van der Waals surface area contributed by atoms with Gasteiger partial charge in [0.1, 0.15) is 5.69 Å². The average molecular weight is 314 g/mol. The molecule has 2 aromatic rings. The number of aryl methyl sites for hydroxylation is 2.